The van der Waals surface area contributed by atoms with Gasteiger partial charge >= 0.3 is 6.01 Å². The van der Waals surface area contributed by atoms with Crippen LogP contribution in [0.25, 0.3) is 0 Å². The van der Waals surface area contributed by atoms with Gasteiger partial charge in [0.25, 0.3) is 0 Å². The highest BCUT2D eigenvalue weighted by atomic mass is 32.2. The zero-order chi connectivity index (χ0) is 13.5. The monoisotopic (exact) mass is 276 g/mol. The van der Waals surface area contributed by atoms with Crippen molar-refractivity contribution in [3.63, 3.8) is 0 Å². The molecular formula is C13H16N4OS. The lowest BCUT2D eigenvalue weighted by molar-refractivity contribution is 0.373. The van der Waals surface area contributed by atoms with E-state index in [9.17, 15) is 0 Å². The Morgan fingerprint density at radius 3 is 2.63 bits per heavy atom. The fraction of sp³-hybridized carbons (Fsp3) is 0.308. The summed E-state index contributed by atoms with van der Waals surface area (Å²) in [5.41, 5.74) is 0. The van der Waals surface area contributed by atoms with Crippen LogP contribution in [0.4, 0.5) is 5.95 Å². The molecule has 0 radical (unpaired) electrons. The highest BCUT2D eigenvalue weighted by Gasteiger charge is 2.07. The largest absolute Gasteiger partial charge is 0.467 e. The van der Waals surface area contributed by atoms with Crippen LogP contribution in [0.5, 0.6) is 6.01 Å². The van der Waals surface area contributed by atoms with Gasteiger partial charge in [0.2, 0.25) is 11.1 Å². The Bertz CT molecular complexity index is 521. The van der Waals surface area contributed by atoms with Crippen LogP contribution in [0.15, 0.2) is 40.4 Å². The Labute approximate surface area is 116 Å². The minimum Gasteiger partial charge on any atom is -0.467 e. The molecule has 2 aromatic rings. The van der Waals surface area contributed by atoms with E-state index >= 15 is 0 Å². The second-order valence-electron chi connectivity index (χ2n) is 3.77. The lowest BCUT2D eigenvalue weighted by Gasteiger charge is -2.07. The van der Waals surface area contributed by atoms with Crippen LogP contribution in [0.2, 0.25) is 0 Å². The summed E-state index contributed by atoms with van der Waals surface area (Å²) in [7, 11) is 1.55. The first-order valence-corrected chi connectivity index (χ1v) is 6.90. The topological polar surface area (TPSA) is 59.9 Å². The maximum atomic E-state index is 5.10. The molecular weight excluding hydrogens is 260 g/mol. The molecule has 0 unspecified atom stereocenters. The molecule has 0 spiro atoms. The Morgan fingerprint density at radius 1 is 1.16 bits per heavy atom. The first kappa shape index (κ1) is 13.6. The molecule has 0 atom stereocenters. The van der Waals surface area contributed by atoms with Gasteiger partial charge in [0.15, 0.2) is 0 Å². The van der Waals surface area contributed by atoms with E-state index in [4.69, 9.17) is 4.74 Å². The fourth-order valence-corrected chi connectivity index (χ4v) is 2.14. The molecule has 0 saturated heterocycles. The zero-order valence-corrected chi connectivity index (χ0v) is 11.8. The van der Waals surface area contributed by atoms with Crippen molar-refractivity contribution >= 4 is 17.7 Å². The highest BCUT2D eigenvalue weighted by Crippen LogP contribution is 2.25. The zero-order valence-electron chi connectivity index (χ0n) is 11.0. The van der Waals surface area contributed by atoms with Crippen molar-refractivity contribution in [2.45, 2.75) is 23.4 Å². The summed E-state index contributed by atoms with van der Waals surface area (Å²) in [5.74, 6) is 0.548. The molecule has 0 saturated carbocycles. The van der Waals surface area contributed by atoms with Crippen molar-refractivity contribution in [2.75, 3.05) is 19.0 Å². The molecule has 100 valence electrons. The number of hydrogen-bond donors (Lipinski definition) is 1. The minimum absolute atomic E-state index is 0.326. The van der Waals surface area contributed by atoms with Crippen LogP contribution < -0.4 is 10.1 Å². The summed E-state index contributed by atoms with van der Waals surface area (Å²) in [5, 5.41) is 3.76. The van der Waals surface area contributed by atoms with Crippen LogP contribution in [0.1, 0.15) is 13.3 Å². The molecule has 1 heterocycles. The molecule has 0 amide bonds. The number of ether oxygens (including phenoxy) is 1. The Kier molecular flexibility index (Phi) is 4.97. The quantitative estimate of drug-likeness (QED) is 0.875. The second-order valence-corrected chi connectivity index (χ2v) is 4.81. The maximum Gasteiger partial charge on any atom is 0.321 e. The predicted molar refractivity (Wildman–Crippen MR) is 75.7 cm³/mol. The molecule has 1 aromatic carbocycles. The Balaban J connectivity index is 2.19. The van der Waals surface area contributed by atoms with Crippen molar-refractivity contribution in [1.29, 1.82) is 0 Å². The molecule has 0 aliphatic rings. The molecule has 0 bridgehead atoms. The summed E-state index contributed by atoms with van der Waals surface area (Å²) in [4.78, 5) is 13.8. The van der Waals surface area contributed by atoms with E-state index in [1.54, 1.807) is 7.11 Å². The van der Waals surface area contributed by atoms with Gasteiger partial charge in [-0.05, 0) is 30.3 Å². The van der Waals surface area contributed by atoms with Gasteiger partial charge in [0, 0.05) is 11.4 Å². The van der Waals surface area contributed by atoms with Crippen molar-refractivity contribution < 1.29 is 4.74 Å². The lowest BCUT2D eigenvalue weighted by Crippen LogP contribution is -2.07. The molecule has 1 aromatic heterocycles. The number of nitrogens with one attached hydrogen (secondary N) is 1. The van der Waals surface area contributed by atoms with Gasteiger partial charge in [-0.3, -0.25) is 0 Å². The standard InChI is InChI=1S/C13H16N4OS/c1-3-9-14-11-15-12(18-2)17-13(16-11)19-10-7-5-4-6-8-10/h4-8H,3,9H2,1-2H3,(H,14,15,16,17). The lowest BCUT2D eigenvalue weighted by atomic mass is 10.4. The summed E-state index contributed by atoms with van der Waals surface area (Å²) in [6.07, 6.45) is 1.01. The van der Waals surface area contributed by atoms with Gasteiger partial charge in [-0.25, -0.2) is 0 Å². The van der Waals surface area contributed by atoms with Crippen LogP contribution in [-0.4, -0.2) is 28.6 Å². The SMILES string of the molecule is CCCNc1nc(OC)nc(Sc2ccccc2)n1. The van der Waals surface area contributed by atoms with E-state index in [2.05, 4.69) is 27.2 Å². The molecule has 6 heteroatoms. The van der Waals surface area contributed by atoms with Crippen molar-refractivity contribution in [1.82, 2.24) is 15.0 Å². The summed E-state index contributed by atoms with van der Waals surface area (Å²) in [6.45, 7) is 2.91. The van der Waals surface area contributed by atoms with E-state index in [1.807, 2.05) is 30.3 Å². The molecule has 2 rings (SSSR count). The molecule has 0 fully saturated rings. The van der Waals surface area contributed by atoms with E-state index in [0.29, 0.717) is 17.1 Å². The molecule has 1 N–H and O–H groups in total. The average molecular weight is 276 g/mol. The van der Waals surface area contributed by atoms with Crippen LogP contribution in [0, 0.1) is 0 Å². The average Bonchev–Trinajstić information content (AvgIpc) is 2.46. The third kappa shape index (κ3) is 4.10. The normalized spacial score (nSPS) is 10.2. The van der Waals surface area contributed by atoms with Gasteiger partial charge < -0.3 is 10.1 Å². The third-order valence-electron chi connectivity index (χ3n) is 2.26. The van der Waals surface area contributed by atoms with Gasteiger partial charge in [-0.1, -0.05) is 25.1 Å². The number of methoxy groups -OCH3 is 1. The maximum absolute atomic E-state index is 5.10. The van der Waals surface area contributed by atoms with Crippen molar-refractivity contribution in [3.8, 4) is 6.01 Å². The molecule has 5 nitrogen and oxygen atoms in total. The molecule has 0 aliphatic heterocycles. The minimum atomic E-state index is 0.326. The highest BCUT2D eigenvalue weighted by molar-refractivity contribution is 7.99. The van der Waals surface area contributed by atoms with E-state index in [1.165, 1.54) is 11.8 Å². The van der Waals surface area contributed by atoms with Gasteiger partial charge in [-0.15, -0.1) is 0 Å². The predicted octanol–water partition coefficient (Wildman–Crippen LogP) is 2.85. The van der Waals surface area contributed by atoms with Gasteiger partial charge in [-0.2, -0.15) is 15.0 Å². The van der Waals surface area contributed by atoms with Crippen LogP contribution >= 0.6 is 11.8 Å². The number of aromatic nitrogens is 3. The second kappa shape index (κ2) is 6.94. The van der Waals surface area contributed by atoms with Gasteiger partial charge in [0.1, 0.15) is 0 Å². The molecule has 19 heavy (non-hydrogen) atoms. The smallest absolute Gasteiger partial charge is 0.321 e. The number of hydrogen-bond acceptors (Lipinski definition) is 6. The first-order valence-electron chi connectivity index (χ1n) is 6.08. The number of nitrogens with zero attached hydrogens (tertiary/aromatic N) is 3. The summed E-state index contributed by atoms with van der Waals surface area (Å²) >= 11 is 1.48. The number of benzene rings is 1. The van der Waals surface area contributed by atoms with Gasteiger partial charge in [0.05, 0.1) is 7.11 Å². The molecule has 0 aliphatic carbocycles. The summed E-state index contributed by atoms with van der Waals surface area (Å²) < 4.78 is 5.10. The van der Waals surface area contributed by atoms with Crippen LogP contribution in [0.3, 0.4) is 0 Å². The third-order valence-corrected chi connectivity index (χ3v) is 3.14. The number of rotatable bonds is 6. The summed E-state index contributed by atoms with van der Waals surface area (Å²) in [6, 6.07) is 10.3. The first-order chi connectivity index (χ1) is 9.31. The van der Waals surface area contributed by atoms with E-state index in [-0.39, 0.29) is 0 Å². The number of anilines is 1. The Morgan fingerprint density at radius 2 is 1.95 bits per heavy atom. The fourth-order valence-electron chi connectivity index (χ4n) is 1.38. The Hall–Kier alpha value is -1.82. The van der Waals surface area contributed by atoms with E-state index < -0.39 is 0 Å². The van der Waals surface area contributed by atoms with Crippen molar-refractivity contribution in [3.05, 3.63) is 30.3 Å². The van der Waals surface area contributed by atoms with Crippen molar-refractivity contribution in [2.24, 2.45) is 0 Å². The van der Waals surface area contributed by atoms with Crippen LogP contribution in [-0.2, 0) is 0 Å². The van der Waals surface area contributed by atoms with E-state index in [0.717, 1.165) is 17.9 Å².